The minimum atomic E-state index is 0.0720. The molecule has 0 unspecified atom stereocenters. The van der Waals surface area contributed by atoms with Gasteiger partial charge in [0.2, 0.25) is 0 Å². The van der Waals surface area contributed by atoms with Gasteiger partial charge in [0.05, 0.1) is 16.9 Å². The van der Waals surface area contributed by atoms with Crippen molar-refractivity contribution >= 4 is 54.8 Å². The fourth-order valence-electron chi connectivity index (χ4n) is 8.51. The highest BCUT2D eigenvalue weighted by molar-refractivity contribution is 5.85. The molecule has 0 saturated heterocycles. The number of aryl methyl sites for hydroxylation is 4. The third-order valence-corrected chi connectivity index (χ3v) is 12.2. The molecule has 0 N–H and O–H groups in total. The Balaban J connectivity index is 0.000000142. The Morgan fingerprint density at radius 3 is 1.45 bits per heavy atom. The molecule has 0 radical (unpaired) electrons. The summed E-state index contributed by atoms with van der Waals surface area (Å²) in [5.74, 6) is 1.05. The maximum atomic E-state index is 5.73. The van der Waals surface area contributed by atoms with Crippen LogP contribution in [0.4, 0.5) is 0 Å². The maximum absolute atomic E-state index is 5.73. The second kappa shape index (κ2) is 19.9. The van der Waals surface area contributed by atoms with E-state index < -0.39 is 0 Å². The predicted octanol–water partition coefficient (Wildman–Crippen LogP) is 15.2. The van der Waals surface area contributed by atoms with Gasteiger partial charge in [-0.15, -0.1) is 0 Å². The Hall–Kier alpha value is -6.48. The zero-order valence-corrected chi connectivity index (χ0v) is 45.1. The van der Waals surface area contributed by atoms with E-state index in [1.54, 1.807) is 6.20 Å². The average Bonchev–Trinajstić information content (AvgIpc) is 4.10. The van der Waals surface area contributed by atoms with Crippen LogP contribution < -0.4 is 0 Å². The lowest BCUT2D eigenvalue weighted by molar-refractivity contribution is 0.430. The summed E-state index contributed by atoms with van der Waals surface area (Å²) >= 11 is 0. The molecule has 10 aromatic rings. The highest BCUT2D eigenvalue weighted by Crippen LogP contribution is 2.33. The van der Waals surface area contributed by atoms with Crippen LogP contribution in [0.5, 0.6) is 0 Å². The van der Waals surface area contributed by atoms with E-state index >= 15 is 0 Å². The molecule has 3 aromatic carbocycles. The molecule has 0 aliphatic carbocycles. The Bertz CT molecular complexity index is 2900. The van der Waals surface area contributed by atoms with Gasteiger partial charge in [-0.25, -0.2) is 9.97 Å². The molecule has 0 amide bonds. The van der Waals surface area contributed by atoms with E-state index in [-0.39, 0.29) is 27.1 Å². The number of fused-ring (bicyclic) bond motifs is 5. The van der Waals surface area contributed by atoms with Crippen LogP contribution in [0.3, 0.4) is 0 Å². The Labute approximate surface area is 411 Å². The van der Waals surface area contributed by atoms with E-state index in [1.165, 1.54) is 49.4 Å². The molecule has 7 heterocycles. The average molecular weight is 927 g/mol. The van der Waals surface area contributed by atoms with E-state index in [0.717, 1.165) is 33.7 Å². The van der Waals surface area contributed by atoms with Gasteiger partial charge in [-0.1, -0.05) is 158 Å². The predicted molar refractivity (Wildman–Crippen MR) is 293 cm³/mol. The zero-order valence-electron chi connectivity index (χ0n) is 45.1. The molecule has 9 heteroatoms. The molecule has 0 aliphatic heterocycles. The molecule has 69 heavy (non-hydrogen) atoms. The lowest BCUT2D eigenvalue weighted by Crippen LogP contribution is -2.12. The smallest absolute Gasteiger partial charge is 0.157 e. The van der Waals surface area contributed by atoms with E-state index in [0.29, 0.717) is 0 Å². The third-order valence-electron chi connectivity index (χ3n) is 12.2. The highest BCUT2D eigenvalue weighted by atomic mass is 16.3. The first-order chi connectivity index (χ1) is 32.1. The lowest BCUT2D eigenvalue weighted by atomic mass is 9.87. The van der Waals surface area contributed by atoms with Crippen molar-refractivity contribution in [2.45, 2.75) is 131 Å². The first-order valence-corrected chi connectivity index (χ1v) is 24.2. The Morgan fingerprint density at radius 2 is 0.870 bits per heavy atom. The van der Waals surface area contributed by atoms with Gasteiger partial charge < -0.3 is 13.6 Å². The summed E-state index contributed by atoms with van der Waals surface area (Å²) in [5, 5.41) is 15.3. The Morgan fingerprint density at radius 1 is 0.406 bits per heavy atom. The molecule has 0 aliphatic rings. The fourth-order valence-corrected chi connectivity index (χ4v) is 8.51. The van der Waals surface area contributed by atoms with Gasteiger partial charge in [0.25, 0.3) is 0 Å². The number of hydrogen-bond donors (Lipinski definition) is 0. The van der Waals surface area contributed by atoms with E-state index in [2.05, 4.69) is 225 Å². The standard InChI is InChI=1S/C13H17N.2C12H16N2.C12H14O.C11H15N3/c1-13(2,3)11-9-14(4)12-8-6-5-7-10(11)12;1-12(2,3)10-8-14(4)11-9(10)6-5-7-13-11;1-12(2,3)11-9-7-5-6-8-10(9)14(4)13-11;1-12(2,3)11-8-9-6-4-5-7-10(9)13-11;1-11(2,3)9-8-6-5-7-12-10(8)14(4)13-9/h5-9H,1-4H3;2*5-8H,1-4H3;4-8H,1-3H3;5-7H,1-4H3. The van der Waals surface area contributed by atoms with E-state index in [1.807, 2.05) is 67.0 Å². The van der Waals surface area contributed by atoms with E-state index in [9.17, 15) is 0 Å². The summed E-state index contributed by atoms with van der Waals surface area (Å²) < 4.78 is 13.8. The van der Waals surface area contributed by atoms with Crippen LogP contribution in [0, 0.1) is 0 Å². The quantitative estimate of drug-likeness (QED) is 0.151. The van der Waals surface area contributed by atoms with Crippen LogP contribution in [0.25, 0.3) is 54.8 Å². The normalized spacial score (nSPS) is 12.3. The van der Waals surface area contributed by atoms with E-state index in [4.69, 9.17) is 4.42 Å². The minimum Gasteiger partial charge on any atom is -0.461 e. The van der Waals surface area contributed by atoms with Crippen LogP contribution in [-0.2, 0) is 55.3 Å². The zero-order chi connectivity index (χ0) is 50.9. The van der Waals surface area contributed by atoms with Crippen LogP contribution in [0.1, 0.15) is 132 Å². The second-order valence-electron chi connectivity index (χ2n) is 23.4. The SMILES string of the molecule is CC(C)(C)c1cc2ccccc2o1.Cn1cc(C(C)(C)C)c2ccccc21.Cn1cc(C(C)(C)C)c2cccnc21.Cn1nc(C(C)(C)C)c2ccccc21.Cn1nc(C(C)(C)C)c2cccnc21. The number of hydrogen-bond acceptors (Lipinski definition) is 5. The molecule has 0 fully saturated rings. The number of benzene rings is 3. The van der Waals surface area contributed by atoms with Crippen molar-refractivity contribution in [2.24, 2.45) is 28.2 Å². The van der Waals surface area contributed by atoms with Crippen molar-refractivity contribution < 1.29 is 4.42 Å². The number of rotatable bonds is 0. The first kappa shape index (κ1) is 51.9. The number of furan rings is 1. The maximum Gasteiger partial charge on any atom is 0.157 e. The largest absolute Gasteiger partial charge is 0.461 e. The molecule has 364 valence electrons. The monoisotopic (exact) mass is 927 g/mol. The van der Waals surface area contributed by atoms with Crippen LogP contribution in [0.2, 0.25) is 0 Å². The molecule has 9 nitrogen and oxygen atoms in total. The van der Waals surface area contributed by atoms with Gasteiger partial charge in [0.15, 0.2) is 5.65 Å². The minimum absolute atomic E-state index is 0.0720. The summed E-state index contributed by atoms with van der Waals surface area (Å²) in [7, 11) is 8.09. The van der Waals surface area contributed by atoms with Crippen molar-refractivity contribution in [3.05, 3.63) is 156 Å². The van der Waals surface area contributed by atoms with Crippen molar-refractivity contribution in [2.75, 3.05) is 0 Å². The number of pyridine rings is 2. The van der Waals surface area contributed by atoms with Crippen LogP contribution in [0.15, 0.2) is 132 Å². The molecule has 0 saturated carbocycles. The summed E-state index contributed by atoms with van der Waals surface area (Å²) in [6.45, 7) is 33.0. The summed E-state index contributed by atoms with van der Waals surface area (Å²) in [5.41, 5.74) is 11.3. The summed E-state index contributed by atoms with van der Waals surface area (Å²) in [6.07, 6.45) is 8.06. The van der Waals surface area contributed by atoms with Gasteiger partial charge in [-0.3, -0.25) is 9.36 Å². The lowest BCUT2D eigenvalue weighted by Gasteiger charge is -2.17. The molecule has 10 rings (SSSR count). The summed E-state index contributed by atoms with van der Waals surface area (Å²) in [4.78, 5) is 8.69. The van der Waals surface area contributed by atoms with Gasteiger partial charge >= 0.3 is 0 Å². The molecule has 0 spiro atoms. The van der Waals surface area contributed by atoms with Gasteiger partial charge in [-0.2, -0.15) is 10.2 Å². The van der Waals surface area contributed by atoms with Crippen molar-refractivity contribution in [1.82, 2.24) is 38.7 Å². The molecular weight excluding hydrogens is 849 g/mol. The third kappa shape index (κ3) is 12.0. The fraction of sp³-hybridized carbons (Fsp3) is 0.400. The van der Waals surface area contributed by atoms with Crippen molar-refractivity contribution in [1.29, 1.82) is 0 Å². The second-order valence-corrected chi connectivity index (χ2v) is 23.4. The van der Waals surface area contributed by atoms with Crippen molar-refractivity contribution in [3.8, 4) is 0 Å². The van der Waals surface area contributed by atoms with Crippen LogP contribution in [-0.4, -0.2) is 38.7 Å². The highest BCUT2D eigenvalue weighted by Gasteiger charge is 2.24. The topological polar surface area (TPSA) is 84.4 Å². The number of aromatic nitrogens is 8. The summed E-state index contributed by atoms with van der Waals surface area (Å²) in [6, 6.07) is 35.4. The van der Waals surface area contributed by atoms with Crippen LogP contribution >= 0.6 is 0 Å². The molecular formula is C60H78N8O. The first-order valence-electron chi connectivity index (χ1n) is 24.2. The number of para-hydroxylation sites is 3. The molecule has 0 atom stereocenters. The van der Waals surface area contributed by atoms with Gasteiger partial charge in [-0.05, 0) is 70.5 Å². The molecule has 0 bridgehead atoms. The van der Waals surface area contributed by atoms with Gasteiger partial charge in [0, 0.05) is 102 Å². The Kier molecular flexibility index (Phi) is 14.9. The molecule has 7 aromatic heterocycles. The van der Waals surface area contributed by atoms with Crippen molar-refractivity contribution in [3.63, 3.8) is 0 Å². The van der Waals surface area contributed by atoms with Gasteiger partial charge in [0.1, 0.15) is 17.0 Å². The number of nitrogens with zero attached hydrogens (tertiary/aromatic N) is 8.